The number of carboxylic acid groups (broad SMARTS) is 2. The number of fused-ring (bicyclic) bond motifs is 1. The van der Waals surface area contributed by atoms with E-state index in [1.165, 1.54) is 31.2 Å². The molecule has 4 heterocycles. The second-order valence-corrected chi connectivity index (χ2v) is 9.97. The summed E-state index contributed by atoms with van der Waals surface area (Å²) in [5, 5.41) is 22.5. The Morgan fingerprint density at radius 1 is 1.19 bits per heavy atom. The number of nitrogens with one attached hydrogen (secondary N) is 1. The summed E-state index contributed by atoms with van der Waals surface area (Å²) in [6.07, 6.45) is -4.24. The fourth-order valence-electron chi connectivity index (χ4n) is 3.94. The predicted molar refractivity (Wildman–Crippen MR) is 136 cm³/mol. The molecule has 0 spiro atoms. The number of carboxylic acids is 2. The number of piperazine rings is 1. The molecule has 1 aromatic heterocycles. The fourth-order valence-corrected chi connectivity index (χ4v) is 5.26. The van der Waals surface area contributed by atoms with E-state index in [0.29, 0.717) is 18.7 Å². The van der Waals surface area contributed by atoms with Crippen molar-refractivity contribution in [1.82, 2.24) is 20.0 Å². The molecule has 0 aromatic carbocycles. The van der Waals surface area contributed by atoms with Crippen LogP contribution < -0.4 is 5.32 Å². The number of alkyl halides is 3. The number of thioether (sulfide) groups is 1. The van der Waals surface area contributed by atoms with Gasteiger partial charge in [0.1, 0.15) is 30.8 Å². The molecule has 3 aliphatic rings. The first-order valence-corrected chi connectivity index (χ1v) is 13.1. The molecule has 0 aliphatic carbocycles. The lowest BCUT2D eigenvalue weighted by Gasteiger charge is -2.49. The Hall–Kier alpha value is -4.26. The maximum Gasteiger partial charge on any atom is 0.490 e. The average Bonchev–Trinajstić information content (AvgIpc) is 3.47. The highest BCUT2D eigenvalue weighted by Crippen LogP contribution is 2.40. The number of aliphatic carboxylic acids is 2. The molecular weight excluding hydrogens is 595 g/mol. The van der Waals surface area contributed by atoms with Crippen molar-refractivity contribution in [3.8, 4) is 0 Å². The largest absolute Gasteiger partial charge is 0.490 e. The molecule has 2 atom stereocenters. The number of furan rings is 1. The summed E-state index contributed by atoms with van der Waals surface area (Å²) in [6, 6.07) is 2.12. The minimum absolute atomic E-state index is 0.153. The van der Waals surface area contributed by atoms with Crippen LogP contribution in [0.25, 0.3) is 0 Å². The SMILES string of the molecule is CON=C(C(=O)NC1C(=O)N2C(C(=O)O)=C(COC(=O)N3CCN(C)CC3)CS[C@H]12)c1ccco1.O=C(O)C(F)(F)F. The third-order valence-corrected chi connectivity index (χ3v) is 7.40. The lowest BCUT2D eigenvalue weighted by atomic mass is 10.0. The summed E-state index contributed by atoms with van der Waals surface area (Å²) in [7, 11) is 3.23. The van der Waals surface area contributed by atoms with Gasteiger partial charge in [-0.25, -0.2) is 14.4 Å². The van der Waals surface area contributed by atoms with Gasteiger partial charge in [-0.1, -0.05) is 5.16 Å². The van der Waals surface area contributed by atoms with Gasteiger partial charge in [-0.05, 0) is 19.2 Å². The first-order valence-electron chi connectivity index (χ1n) is 12.0. The van der Waals surface area contributed by atoms with E-state index in [4.69, 9.17) is 23.9 Å². The number of halogens is 3. The van der Waals surface area contributed by atoms with Crippen LogP contribution in [0.4, 0.5) is 18.0 Å². The third kappa shape index (κ3) is 7.52. The zero-order valence-corrected chi connectivity index (χ0v) is 22.9. The van der Waals surface area contributed by atoms with Crippen LogP contribution in [0.3, 0.4) is 0 Å². The lowest BCUT2D eigenvalue weighted by molar-refractivity contribution is -0.192. The molecule has 19 heteroatoms. The highest BCUT2D eigenvalue weighted by Gasteiger charge is 2.54. The summed E-state index contributed by atoms with van der Waals surface area (Å²) in [6.45, 7) is 2.25. The molecule has 2 fully saturated rings. The molecule has 1 aromatic rings. The Kier molecular flexibility index (Phi) is 10.4. The van der Waals surface area contributed by atoms with Crippen molar-refractivity contribution >= 4 is 47.3 Å². The zero-order valence-electron chi connectivity index (χ0n) is 22.1. The van der Waals surface area contributed by atoms with Crippen molar-refractivity contribution in [3.05, 3.63) is 35.4 Å². The van der Waals surface area contributed by atoms with E-state index in [1.54, 1.807) is 11.0 Å². The van der Waals surface area contributed by atoms with Gasteiger partial charge < -0.3 is 39.3 Å². The number of amides is 3. The van der Waals surface area contributed by atoms with E-state index in [1.807, 2.05) is 7.05 Å². The van der Waals surface area contributed by atoms with Crippen LogP contribution in [0.1, 0.15) is 5.76 Å². The molecule has 1 unspecified atom stereocenters. The van der Waals surface area contributed by atoms with Gasteiger partial charge in [0.2, 0.25) is 5.71 Å². The molecule has 42 heavy (non-hydrogen) atoms. The van der Waals surface area contributed by atoms with Crippen LogP contribution in [0, 0.1) is 0 Å². The van der Waals surface area contributed by atoms with Crippen LogP contribution in [0.2, 0.25) is 0 Å². The van der Waals surface area contributed by atoms with Gasteiger partial charge in [-0.15, -0.1) is 11.8 Å². The summed E-state index contributed by atoms with van der Waals surface area (Å²) in [4.78, 5) is 68.4. The maximum atomic E-state index is 12.9. The Bertz CT molecular complexity index is 1260. The van der Waals surface area contributed by atoms with Crippen LogP contribution in [0.15, 0.2) is 39.2 Å². The molecule has 0 saturated carbocycles. The van der Waals surface area contributed by atoms with Crippen molar-refractivity contribution in [2.45, 2.75) is 17.6 Å². The molecule has 3 amide bonds. The number of hydrogen-bond acceptors (Lipinski definition) is 11. The van der Waals surface area contributed by atoms with Crippen LogP contribution in [-0.4, -0.2) is 131 Å². The second-order valence-electron chi connectivity index (χ2n) is 8.87. The van der Waals surface area contributed by atoms with Crippen molar-refractivity contribution in [2.24, 2.45) is 5.16 Å². The molecule has 230 valence electrons. The number of β-lactam (4-membered cyclic amide) rings is 1. The van der Waals surface area contributed by atoms with E-state index in [-0.39, 0.29) is 29.5 Å². The predicted octanol–water partition coefficient (Wildman–Crippen LogP) is 0.386. The average molecular weight is 622 g/mol. The summed E-state index contributed by atoms with van der Waals surface area (Å²) in [5.41, 5.74) is -0.0705. The number of likely N-dealkylation sites (N-methyl/N-ethyl adjacent to an activating group) is 1. The molecular formula is C23H26F3N5O10S. The summed E-state index contributed by atoms with van der Waals surface area (Å²) in [5.74, 6) is -4.99. The maximum absolute atomic E-state index is 12.9. The number of nitrogens with zero attached hydrogens (tertiary/aromatic N) is 4. The molecule has 0 bridgehead atoms. The molecule has 3 N–H and O–H groups in total. The number of carbonyl (C=O) groups is 5. The molecule has 0 radical (unpaired) electrons. The topological polar surface area (TPSA) is 192 Å². The third-order valence-electron chi connectivity index (χ3n) is 6.06. The van der Waals surface area contributed by atoms with Crippen LogP contribution in [-0.2, 0) is 28.8 Å². The Morgan fingerprint density at radius 3 is 2.36 bits per heavy atom. The standard InChI is InChI=1S/C21H25N5O8S.C2HF3O2/c1-24-5-7-25(8-6-24)21(31)34-10-12-11-35-19-15(18(28)26(19)16(12)20(29)30)22-17(27)14(23-32-2)13-4-3-9-33-13;3-2(4,5)1(6)7/h3-4,9,15,19H,5-8,10-11H2,1-2H3,(H,22,27)(H,29,30);(H,6,7)/t15?,19-;/m1./s1. The highest BCUT2D eigenvalue weighted by molar-refractivity contribution is 8.00. The van der Waals surface area contributed by atoms with Gasteiger partial charge in [0, 0.05) is 37.5 Å². The zero-order chi connectivity index (χ0) is 31.2. The minimum Gasteiger partial charge on any atom is -0.477 e. The van der Waals surface area contributed by atoms with Gasteiger partial charge in [-0.2, -0.15) is 13.2 Å². The van der Waals surface area contributed by atoms with Gasteiger partial charge in [-0.3, -0.25) is 14.5 Å². The molecule has 2 saturated heterocycles. The summed E-state index contributed by atoms with van der Waals surface area (Å²) < 4.78 is 42.3. The molecule has 4 rings (SSSR count). The van der Waals surface area contributed by atoms with Gasteiger partial charge in [0.25, 0.3) is 11.8 Å². The second kappa shape index (κ2) is 13.6. The smallest absolute Gasteiger partial charge is 0.477 e. The van der Waals surface area contributed by atoms with E-state index < -0.39 is 47.4 Å². The van der Waals surface area contributed by atoms with E-state index in [0.717, 1.165) is 18.0 Å². The molecule has 3 aliphatic heterocycles. The lowest BCUT2D eigenvalue weighted by Crippen LogP contribution is -2.71. The Labute approximate surface area is 239 Å². The van der Waals surface area contributed by atoms with Crippen molar-refractivity contribution in [2.75, 3.05) is 52.7 Å². The first kappa shape index (κ1) is 32.3. The summed E-state index contributed by atoms with van der Waals surface area (Å²) >= 11 is 1.27. The van der Waals surface area contributed by atoms with E-state index in [2.05, 4.69) is 15.4 Å². The van der Waals surface area contributed by atoms with Crippen molar-refractivity contribution < 1.29 is 61.3 Å². The number of ether oxygens (including phenoxy) is 1. The quantitative estimate of drug-likeness (QED) is 0.216. The van der Waals surface area contributed by atoms with Crippen LogP contribution in [0.5, 0.6) is 0 Å². The minimum atomic E-state index is -5.08. The normalized spacial score (nSPS) is 21.0. The number of hydrogen-bond donors (Lipinski definition) is 3. The van der Waals surface area contributed by atoms with Crippen LogP contribution >= 0.6 is 11.8 Å². The Balaban J connectivity index is 0.000000616. The fraction of sp³-hybridized carbons (Fsp3) is 0.478. The van der Waals surface area contributed by atoms with Crippen molar-refractivity contribution in [1.29, 1.82) is 0 Å². The number of carbonyl (C=O) groups excluding carboxylic acids is 3. The van der Waals surface area contributed by atoms with Gasteiger partial charge >= 0.3 is 24.2 Å². The van der Waals surface area contributed by atoms with Crippen molar-refractivity contribution in [3.63, 3.8) is 0 Å². The molecule has 15 nitrogen and oxygen atoms in total. The Morgan fingerprint density at radius 2 is 1.83 bits per heavy atom. The van der Waals surface area contributed by atoms with Gasteiger partial charge in [0.05, 0.1) is 6.26 Å². The number of rotatable bonds is 7. The number of oxime groups is 1. The van der Waals surface area contributed by atoms with E-state index in [9.17, 15) is 37.5 Å². The van der Waals surface area contributed by atoms with E-state index >= 15 is 0 Å². The first-order chi connectivity index (χ1) is 19.8. The monoisotopic (exact) mass is 621 g/mol. The highest BCUT2D eigenvalue weighted by atomic mass is 32.2. The van der Waals surface area contributed by atoms with Gasteiger partial charge in [0.15, 0.2) is 5.76 Å².